The molecule has 0 saturated carbocycles. The van der Waals surface area contributed by atoms with Crippen LogP contribution in [0.1, 0.15) is 35.6 Å². The lowest BCUT2D eigenvalue weighted by Crippen LogP contribution is -2.33. The summed E-state index contributed by atoms with van der Waals surface area (Å²) in [6.07, 6.45) is -1.66. The largest absolute Gasteiger partial charge is 0.508 e. The molecular weight excluding hydrogens is 278 g/mol. The Morgan fingerprint density at radius 3 is 2.32 bits per heavy atom. The molecule has 0 saturated heterocycles. The van der Waals surface area contributed by atoms with Crippen LogP contribution in [0.2, 0.25) is 0 Å². The molecule has 0 spiro atoms. The summed E-state index contributed by atoms with van der Waals surface area (Å²) >= 11 is 0. The zero-order chi connectivity index (χ0) is 16.1. The predicted molar refractivity (Wildman–Crippen MR) is 86.1 cm³/mol. The Hall–Kier alpha value is -1.88. The quantitative estimate of drug-likeness (QED) is 0.489. The van der Waals surface area contributed by atoms with E-state index >= 15 is 0 Å². The molecule has 2 rings (SSSR count). The molecule has 0 radical (unpaired) electrons. The summed E-state index contributed by atoms with van der Waals surface area (Å²) in [5, 5.41) is 32.6. The highest BCUT2D eigenvalue weighted by Gasteiger charge is 2.13. The minimum atomic E-state index is -0.864. The van der Waals surface area contributed by atoms with Crippen molar-refractivity contribution >= 4 is 0 Å². The van der Waals surface area contributed by atoms with Crippen LogP contribution in [-0.4, -0.2) is 21.5 Å². The molecule has 4 nitrogen and oxygen atoms in total. The molecular formula is C18H22NO3-. The Labute approximate surface area is 131 Å². The predicted octanol–water partition coefficient (Wildman–Crippen LogP) is 2.61. The van der Waals surface area contributed by atoms with Crippen molar-refractivity contribution in [2.24, 2.45) is 0 Å². The summed E-state index contributed by atoms with van der Waals surface area (Å²) in [7, 11) is 0. The molecule has 0 bridgehead atoms. The van der Waals surface area contributed by atoms with E-state index in [0.29, 0.717) is 11.1 Å². The van der Waals surface area contributed by atoms with Gasteiger partial charge in [-0.15, -0.1) is 0 Å². The van der Waals surface area contributed by atoms with Crippen LogP contribution in [0.15, 0.2) is 48.5 Å². The fourth-order valence-corrected chi connectivity index (χ4v) is 2.23. The van der Waals surface area contributed by atoms with Gasteiger partial charge in [0.15, 0.2) is 0 Å². The van der Waals surface area contributed by atoms with E-state index in [2.05, 4.69) is 5.32 Å². The third-order valence-corrected chi connectivity index (χ3v) is 3.79. The van der Waals surface area contributed by atoms with E-state index in [9.17, 15) is 15.3 Å². The van der Waals surface area contributed by atoms with Gasteiger partial charge in [-0.3, -0.25) is 0 Å². The van der Waals surface area contributed by atoms with Gasteiger partial charge < -0.3 is 20.6 Å². The van der Waals surface area contributed by atoms with Gasteiger partial charge in [-0.1, -0.05) is 49.4 Å². The average molecular weight is 300 g/mol. The van der Waals surface area contributed by atoms with Crippen LogP contribution in [0, 0.1) is 13.5 Å². The average Bonchev–Trinajstić information content (AvgIpc) is 2.54. The first kappa shape index (κ1) is 16.5. The molecule has 4 heteroatoms. The summed E-state index contributed by atoms with van der Waals surface area (Å²) in [5.74, 6) is 0.0906. The number of aliphatic hydroxyl groups excluding tert-OH is 2. The van der Waals surface area contributed by atoms with Crippen LogP contribution in [0.4, 0.5) is 0 Å². The summed E-state index contributed by atoms with van der Waals surface area (Å²) in [4.78, 5) is 0. The highest BCUT2D eigenvalue weighted by atomic mass is 16.3. The van der Waals surface area contributed by atoms with Gasteiger partial charge in [-0.25, -0.2) is 6.54 Å². The number of hydrogen-bond donors (Lipinski definition) is 4. The van der Waals surface area contributed by atoms with Gasteiger partial charge in [-0.05, 0) is 35.8 Å². The fraction of sp³-hybridized carbons (Fsp3) is 0.278. The first-order valence-electron chi connectivity index (χ1n) is 7.29. The summed E-state index contributed by atoms with van der Waals surface area (Å²) in [6, 6.07) is 14.6. The van der Waals surface area contributed by atoms with Crippen molar-refractivity contribution in [3.05, 3.63) is 71.8 Å². The molecule has 0 aliphatic heterocycles. The molecule has 2 aromatic carbocycles. The molecule has 0 aliphatic rings. The van der Waals surface area contributed by atoms with Crippen molar-refractivity contribution in [1.82, 2.24) is 5.32 Å². The van der Waals surface area contributed by atoms with Gasteiger partial charge in [0.2, 0.25) is 0 Å². The van der Waals surface area contributed by atoms with Gasteiger partial charge in [0.25, 0.3) is 0 Å². The number of phenols is 1. The number of hydrogen-bond acceptors (Lipinski definition) is 4. The maximum atomic E-state index is 10.2. The first-order valence-corrected chi connectivity index (χ1v) is 7.29. The Kier molecular flexibility index (Phi) is 5.55. The smallest absolute Gasteiger partial charge is 0.118 e. The zero-order valence-electron chi connectivity index (χ0n) is 12.8. The summed E-state index contributed by atoms with van der Waals surface area (Å²) < 4.78 is 0. The van der Waals surface area contributed by atoms with Gasteiger partial charge in [-0.2, -0.15) is 0 Å². The van der Waals surface area contributed by atoms with E-state index in [-0.39, 0.29) is 11.7 Å². The molecule has 2 aromatic rings. The number of rotatable bonds is 6. The SMILES string of the molecule is Cc1cc(C(O)[CH-]NC(O)C(C)c2ccccc2)ccc1O. The Morgan fingerprint density at radius 1 is 1.00 bits per heavy atom. The Bertz CT molecular complexity index is 601. The maximum Gasteiger partial charge on any atom is 0.118 e. The second-order valence-corrected chi connectivity index (χ2v) is 5.47. The van der Waals surface area contributed by atoms with Crippen LogP contribution in [0.25, 0.3) is 0 Å². The third kappa shape index (κ3) is 4.07. The molecule has 0 aromatic heterocycles. The van der Waals surface area contributed by atoms with Crippen molar-refractivity contribution < 1.29 is 15.3 Å². The van der Waals surface area contributed by atoms with Gasteiger partial charge in [0.1, 0.15) is 5.75 Å². The zero-order valence-corrected chi connectivity index (χ0v) is 12.8. The number of aliphatic hydroxyl groups is 2. The standard InChI is InChI=1S/C18H22NO3/c1-12-10-15(8-9-16(12)20)17(21)11-19-18(22)13(2)14-6-4-3-5-7-14/h3-11,13,17-22H,1-2H3/q-1. The Balaban J connectivity index is 1.92. The highest BCUT2D eigenvalue weighted by Crippen LogP contribution is 2.23. The van der Waals surface area contributed by atoms with E-state index in [1.807, 2.05) is 37.3 Å². The lowest BCUT2D eigenvalue weighted by atomic mass is 9.99. The summed E-state index contributed by atoms with van der Waals surface area (Å²) in [5.41, 5.74) is 2.37. The summed E-state index contributed by atoms with van der Waals surface area (Å²) in [6.45, 7) is 5.14. The normalized spacial score (nSPS) is 15.3. The number of nitrogens with one attached hydrogen (secondary N) is 1. The Morgan fingerprint density at radius 2 is 1.68 bits per heavy atom. The van der Waals surface area contributed by atoms with Crippen molar-refractivity contribution in [2.75, 3.05) is 0 Å². The van der Waals surface area contributed by atoms with E-state index < -0.39 is 12.3 Å². The van der Waals surface area contributed by atoms with Gasteiger partial charge in [0, 0.05) is 5.92 Å². The molecule has 0 heterocycles. The van der Waals surface area contributed by atoms with Crippen molar-refractivity contribution in [1.29, 1.82) is 0 Å². The van der Waals surface area contributed by atoms with Gasteiger partial charge >= 0.3 is 0 Å². The second kappa shape index (κ2) is 7.40. The van der Waals surface area contributed by atoms with Crippen LogP contribution < -0.4 is 5.32 Å². The fourth-order valence-electron chi connectivity index (χ4n) is 2.23. The van der Waals surface area contributed by atoms with Crippen LogP contribution in [-0.2, 0) is 0 Å². The van der Waals surface area contributed by atoms with E-state index in [4.69, 9.17) is 0 Å². The van der Waals surface area contributed by atoms with E-state index in [1.165, 1.54) is 6.54 Å². The van der Waals surface area contributed by atoms with Crippen molar-refractivity contribution in [3.8, 4) is 5.75 Å². The number of aromatic hydroxyl groups is 1. The monoisotopic (exact) mass is 300 g/mol. The van der Waals surface area contributed by atoms with Crippen LogP contribution in [0.3, 0.4) is 0 Å². The molecule has 3 unspecified atom stereocenters. The maximum absolute atomic E-state index is 10.2. The molecule has 0 fully saturated rings. The van der Waals surface area contributed by atoms with E-state index in [0.717, 1.165) is 5.56 Å². The minimum absolute atomic E-state index is 0.105. The van der Waals surface area contributed by atoms with Crippen LogP contribution >= 0.6 is 0 Å². The van der Waals surface area contributed by atoms with Gasteiger partial charge in [0.05, 0.1) is 6.23 Å². The molecule has 22 heavy (non-hydrogen) atoms. The molecule has 0 aliphatic carbocycles. The van der Waals surface area contributed by atoms with Crippen molar-refractivity contribution in [3.63, 3.8) is 0 Å². The van der Waals surface area contributed by atoms with E-state index in [1.54, 1.807) is 25.1 Å². The molecule has 3 atom stereocenters. The van der Waals surface area contributed by atoms with Crippen LogP contribution in [0.5, 0.6) is 5.75 Å². The molecule has 118 valence electrons. The number of phenolic OH excluding ortho intramolecular Hbond substituents is 1. The minimum Gasteiger partial charge on any atom is -0.508 e. The topological polar surface area (TPSA) is 72.7 Å². The highest BCUT2D eigenvalue weighted by molar-refractivity contribution is 5.36. The number of benzene rings is 2. The van der Waals surface area contributed by atoms with Crippen molar-refractivity contribution in [2.45, 2.75) is 32.1 Å². The lowest BCUT2D eigenvalue weighted by molar-refractivity contribution is 0.104. The number of aryl methyl sites for hydroxylation is 1. The molecule has 4 N–H and O–H groups in total. The third-order valence-electron chi connectivity index (χ3n) is 3.79. The first-order chi connectivity index (χ1) is 10.5. The molecule has 0 amide bonds. The lowest BCUT2D eigenvalue weighted by Gasteiger charge is -2.30. The second-order valence-electron chi connectivity index (χ2n) is 5.47.